The molecule has 34 heavy (non-hydrogen) atoms. The summed E-state index contributed by atoms with van der Waals surface area (Å²) in [6.45, 7) is 2.34. The van der Waals surface area contributed by atoms with Gasteiger partial charge in [-0.2, -0.15) is 5.26 Å². The number of para-hydroxylation sites is 1. The molecule has 0 fully saturated rings. The van der Waals surface area contributed by atoms with Gasteiger partial charge in [0.1, 0.15) is 0 Å². The van der Waals surface area contributed by atoms with Crippen LogP contribution in [0.5, 0.6) is 0 Å². The van der Waals surface area contributed by atoms with E-state index in [1.54, 1.807) is 23.0 Å². The number of rotatable bonds is 5. The van der Waals surface area contributed by atoms with Gasteiger partial charge in [-0.05, 0) is 35.7 Å². The van der Waals surface area contributed by atoms with Gasteiger partial charge in [0.15, 0.2) is 11.2 Å². The van der Waals surface area contributed by atoms with Gasteiger partial charge in [-0.15, -0.1) is 0 Å². The van der Waals surface area contributed by atoms with E-state index in [4.69, 9.17) is 0 Å². The second-order valence-corrected chi connectivity index (χ2v) is 8.10. The van der Waals surface area contributed by atoms with Crippen molar-refractivity contribution in [2.45, 2.75) is 20.0 Å². The molecule has 166 valence electrons. The molecule has 0 aliphatic carbocycles. The minimum absolute atomic E-state index is 0.139. The lowest BCUT2D eigenvalue weighted by atomic mass is 10.1. The number of aryl methyl sites for hydroxylation is 1. The smallest absolute Gasteiger partial charge is 0.320 e. The Bertz CT molecular complexity index is 1670. The van der Waals surface area contributed by atoms with Gasteiger partial charge in [0, 0.05) is 0 Å². The topological polar surface area (TPSA) is 85.6 Å². The van der Waals surface area contributed by atoms with Crippen LogP contribution in [0, 0.1) is 18.3 Å². The van der Waals surface area contributed by atoms with Crippen LogP contribution < -0.4 is 11.2 Å². The first-order valence-corrected chi connectivity index (χ1v) is 10.9. The fourth-order valence-corrected chi connectivity index (χ4v) is 4.19. The Hall–Kier alpha value is -4.70. The number of hydrogen-bond acceptors (Lipinski definition) is 4. The van der Waals surface area contributed by atoms with E-state index in [-0.39, 0.29) is 13.1 Å². The Kier molecular flexibility index (Phi) is 5.40. The minimum atomic E-state index is -0.446. The van der Waals surface area contributed by atoms with Gasteiger partial charge in [-0.3, -0.25) is 9.36 Å². The van der Waals surface area contributed by atoms with Crippen LogP contribution in [0.15, 0.2) is 94.8 Å². The molecule has 3 aromatic carbocycles. The van der Waals surface area contributed by atoms with Gasteiger partial charge < -0.3 is 4.57 Å². The molecule has 7 nitrogen and oxygen atoms in total. The number of hydrogen-bond donors (Lipinski definition) is 0. The van der Waals surface area contributed by atoms with E-state index in [0.29, 0.717) is 22.4 Å². The Morgan fingerprint density at radius 1 is 0.882 bits per heavy atom. The molecule has 0 bridgehead atoms. The summed E-state index contributed by atoms with van der Waals surface area (Å²) in [7, 11) is 0. The fraction of sp³-hybridized carbons (Fsp3) is 0.111. The summed E-state index contributed by atoms with van der Waals surface area (Å²) >= 11 is 0. The third kappa shape index (κ3) is 3.61. The number of fused-ring (bicyclic) bond motifs is 1. The van der Waals surface area contributed by atoms with Gasteiger partial charge >= 0.3 is 5.69 Å². The molecule has 0 atom stereocenters. The fourth-order valence-electron chi connectivity index (χ4n) is 4.19. The van der Waals surface area contributed by atoms with Crippen LogP contribution in [0.25, 0.3) is 16.9 Å². The molecule has 0 unspecified atom stereocenters. The van der Waals surface area contributed by atoms with E-state index in [1.807, 2.05) is 73.7 Å². The van der Waals surface area contributed by atoms with Crippen LogP contribution >= 0.6 is 0 Å². The summed E-state index contributed by atoms with van der Waals surface area (Å²) < 4.78 is 4.46. The van der Waals surface area contributed by atoms with Crippen molar-refractivity contribution in [1.82, 2.24) is 18.7 Å². The van der Waals surface area contributed by atoms with Crippen molar-refractivity contribution in [3.05, 3.63) is 128 Å². The zero-order valence-electron chi connectivity index (χ0n) is 18.5. The lowest BCUT2D eigenvalue weighted by Crippen LogP contribution is -2.40. The zero-order valence-corrected chi connectivity index (χ0v) is 18.5. The summed E-state index contributed by atoms with van der Waals surface area (Å²) in [5, 5.41) is 9.50. The third-order valence-electron chi connectivity index (χ3n) is 5.92. The number of aromatic nitrogens is 4. The highest BCUT2D eigenvalue weighted by Crippen LogP contribution is 2.18. The van der Waals surface area contributed by atoms with Crippen molar-refractivity contribution in [2.75, 3.05) is 0 Å². The first-order chi connectivity index (χ1) is 16.6. The summed E-state index contributed by atoms with van der Waals surface area (Å²) in [6, 6.07) is 26.4. The number of nitrogens with zero attached hydrogens (tertiary/aromatic N) is 5. The second kappa shape index (κ2) is 8.68. The molecule has 0 saturated carbocycles. The van der Waals surface area contributed by atoms with Crippen molar-refractivity contribution in [1.29, 1.82) is 5.26 Å². The number of benzene rings is 3. The predicted molar refractivity (Wildman–Crippen MR) is 130 cm³/mol. The van der Waals surface area contributed by atoms with Crippen LogP contribution in [0.2, 0.25) is 0 Å². The molecule has 2 heterocycles. The van der Waals surface area contributed by atoms with Crippen molar-refractivity contribution in [2.24, 2.45) is 0 Å². The average molecular weight is 447 g/mol. The summed E-state index contributed by atoms with van der Waals surface area (Å²) in [5.41, 5.74) is 3.45. The molecule has 5 rings (SSSR count). The van der Waals surface area contributed by atoms with E-state index in [0.717, 1.165) is 16.7 Å². The largest absolute Gasteiger partial charge is 0.337 e. The first-order valence-electron chi connectivity index (χ1n) is 10.9. The molecule has 0 radical (unpaired) electrons. The van der Waals surface area contributed by atoms with Crippen LogP contribution in [0.3, 0.4) is 0 Å². The molecule has 0 spiro atoms. The maximum atomic E-state index is 13.7. The maximum Gasteiger partial charge on any atom is 0.337 e. The number of imidazole rings is 1. The van der Waals surface area contributed by atoms with Gasteiger partial charge in [0.25, 0.3) is 5.56 Å². The molecule has 2 aromatic heterocycles. The molecule has 0 saturated heterocycles. The highest BCUT2D eigenvalue weighted by molar-refractivity contribution is 5.73. The average Bonchev–Trinajstić information content (AvgIpc) is 3.27. The van der Waals surface area contributed by atoms with Crippen molar-refractivity contribution in [3.8, 4) is 11.8 Å². The Balaban J connectivity index is 1.79. The first kappa shape index (κ1) is 21.2. The molecule has 0 N–H and O–H groups in total. The van der Waals surface area contributed by atoms with Crippen LogP contribution in [0.1, 0.15) is 22.3 Å². The molecule has 7 heteroatoms. The van der Waals surface area contributed by atoms with Gasteiger partial charge in [0.2, 0.25) is 0 Å². The molecular weight excluding hydrogens is 426 g/mol. The summed E-state index contributed by atoms with van der Waals surface area (Å²) in [4.78, 5) is 31.8. The van der Waals surface area contributed by atoms with Crippen molar-refractivity contribution < 1.29 is 0 Å². The molecular formula is C27H21N5O2. The lowest BCUT2D eigenvalue weighted by molar-refractivity contribution is 0.676. The standard InChI is InChI=1S/C27H21N5O2/c1-19-9-5-8-14-23(19)32-25-24(26(33)31(27(32)34)16-20-10-3-2-4-11-20)30(18-29-25)17-22-13-7-6-12-21(22)15-28/h2-14,18H,16-17H2,1H3. The highest BCUT2D eigenvalue weighted by atomic mass is 16.2. The third-order valence-corrected chi connectivity index (χ3v) is 5.92. The van der Waals surface area contributed by atoms with E-state index in [1.165, 1.54) is 9.13 Å². The van der Waals surface area contributed by atoms with Crippen molar-refractivity contribution >= 4 is 11.2 Å². The Morgan fingerprint density at radius 2 is 1.59 bits per heavy atom. The molecule has 0 aliphatic heterocycles. The second-order valence-electron chi connectivity index (χ2n) is 8.10. The van der Waals surface area contributed by atoms with E-state index < -0.39 is 11.2 Å². The predicted octanol–water partition coefficient (Wildman–Crippen LogP) is 3.63. The lowest BCUT2D eigenvalue weighted by Gasteiger charge is -2.14. The summed E-state index contributed by atoms with van der Waals surface area (Å²) in [5.74, 6) is 0. The number of nitriles is 1. The van der Waals surface area contributed by atoms with Gasteiger partial charge in [-0.25, -0.2) is 14.3 Å². The zero-order chi connectivity index (χ0) is 23.7. The molecule has 5 aromatic rings. The summed E-state index contributed by atoms with van der Waals surface area (Å²) in [6.07, 6.45) is 1.56. The van der Waals surface area contributed by atoms with Crippen LogP contribution in [0.4, 0.5) is 0 Å². The Morgan fingerprint density at radius 3 is 2.35 bits per heavy atom. The van der Waals surface area contributed by atoms with Crippen molar-refractivity contribution in [3.63, 3.8) is 0 Å². The Labute approximate surface area is 195 Å². The monoisotopic (exact) mass is 447 g/mol. The minimum Gasteiger partial charge on any atom is -0.320 e. The SMILES string of the molecule is Cc1ccccc1-n1c(=O)n(Cc2ccccc2)c(=O)c2c1ncn2Cc1ccccc1C#N. The normalized spacial score (nSPS) is 10.9. The quantitative estimate of drug-likeness (QED) is 0.412. The van der Waals surface area contributed by atoms with E-state index >= 15 is 0 Å². The van der Waals surface area contributed by atoms with Gasteiger partial charge in [0.05, 0.1) is 36.7 Å². The maximum absolute atomic E-state index is 13.7. The van der Waals surface area contributed by atoms with Crippen LogP contribution in [-0.2, 0) is 13.1 Å². The van der Waals surface area contributed by atoms with E-state index in [9.17, 15) is 14.9 Å². The highest BCUT2D eigenvalue weighted by Gasteiger charge is 2.20. The van der Waals surface area contributed by atoms with E-state index in [2.05, 4.69) is 11.1 Å². The van der Waals surface area contributed by atoms with Gasteiger partial charge in [-0.1, -0.05) is 66.7 Å². The van der Waals surface area contributed by atoms with Crippen LogP contribution in [-0.4, -0.2) is 18.7 Å². The molecule has 0 aliphatic rings. The molecule has 0 amide bonds.